The third-order valence-electron chi connectivity index (χ3n) is 3.82. The molecule has 25 heavy (non-hydrogen) atoms. The molecule has 1 aliphatic heterocycles. The number of aromatic hydroxyl groups is 4. The van der Waals surface area contributed by atoms with Crippen LogP contribution in [0.5, 0.6) is 28.7 Å². The van der Waals surface area contributed by atoms with E-state index in [0.29, 0.717) is 0 Å². The van der Waals surface area contributed by atoms with Crippen molar-refractivity contribution in [3.8, 4) is 28.7 Å². The van der Waals surface area contributed by atoms with Gasteiger partial charge < -0.3 is 30.3 Å². The molecule has 3 rings (SSSR count). The average Bonchev–Trinajstić information content (AvgIpc) is 2.47. The molecular weight excluding hydrogens is 596 g/mol. The second kappa shape index (κ2) is 5.91. The number of halogens is 4. The summed E-state index contributed by atoms with van der Waals surface area (Å²) in [7, 11) is 0. The summed E-state index contributed by atoms with van der Waals surface area (Å²) in [5.41, 5.74) is 0.390. The number of benzene rings is 2. The number of phenolic OH excluding ortho intramolecular Hbond substituents is 4. The van der Waals surface area contributed by atoms with Crippen molar-refractivity contribution in [2.45, 2.75) is 12.3 Å². The Kier molecular flexibility index (Phi) is 4.52. The molecule has 0 aromatic heterocycles. The number of aliphatic hydroxyl groups is 1. The smallest absolute Gasteiger partial charge is 0.229 e. The predicted octanol–water partition coefficient (Wildman–Crippen LogP) is 4.18. The van der Waals surface area contributed by atoms with Crippen molar-refractivity contribution in [1.29, 1.82) is 0 Å². The van der Waals surface area contributed by atoms with Gasteiger partial charge in [-0.3, -0.25) is 0 Å². The van der Waals surface area contributed by atoms with E-state index in [4.69, 9.17) is 4.74 Å². The van der Waals surface area contributed by atoms with Gasteiger partial charge in [-0.25, -0.2) is 0 Å². The van der Waals surface area contributed by atoms with Gasteiger partial charge in [0, 0.05) is 17.7 Å². The lowest BCUT2D eigenvalue weighted by Crippen LogP contribution is -2.58. The highest BCUT2D eigenvalue weighted by atomic mass is 79.9. The molecule has 2 aromatic rings. The summed E-state index contributed by atoms with van der Waals surface area (Å²) in [6.07, 6.45) is 0. The zero-order chi connectivity index (χ0) is 18.8. The first-order valence-corrected chi connectivity index (χ1v) is 9.85. The van der Waals surface area contributed by atoms with Crippen LogP contribution in [0.15, 0.2) is 30.3 Å². The molecule has 0 spiro atoms. The molecule has 5 N–H and O–H groups in total. The van der Waals surface area contributed by atoms with Crippen LogP contribution >= 0.6 is 63.7 Å². The standard InChI is InChI=1S/C15H10Br4O6/c16-13(17)12-10(23)4-7(20)5-11(12)25-14(18,15(13,19)24)6-1-2-8(21)9(22)3-6/h1-5,20-24H/t14-,15-/m0/s1. The molecule has 0 bridgehead atoms. The monoisotopic (exact) mass is 602 g/mol. The van der Waals surface area contributed by atoms with Crippen LogP contribution in [-0.2, 0) is 7.74 Å². The minimum atomic E-state index is -1.95. The van der Waals surface area contributed by atoms with E-state index in [2.05, 4.69) is 63.7 Å². The van der Waals surface area contributed by atoms with Gasteiger partial charge in [0.2, 0.25) is 9.02 Å². The van der Waals surface area contributed by atoms with Gasteiger partial charge in [-0.05, 0) is 44.0 Å². The quantitative estimate of drug-likeness (QED) is 0.247. The average molecular weight is 606 g/mol. The zero-order valence-corrected chi connectivity index (χ0v) is 18.4. The SMILES string of the molecule is Oc1cc(O)c2c(c1)O[C@@](Br)(c1ccc(O)c(O)c1)[C@](O)(Br)C2(Br)Br. The zero-order valence-electron chi connectivity index (χ0n) is 12.0. The molecule has 10 heteroatoms. The normalized spacial score (nSPS) is 27.4. The largest absolute Gasteiger partial charge is 0.508 e. The molecule has 0 radical (unpaired) electrons. The molecule has 0 saturated heterocycles. The third kappa shape index (κ3) is 2.64. The number of hydrogen-bond acceptors (Lipinski definition) is 6. The Morgan fingerprint density at radius 2 is 1.44 bits per heavy atom. The highest BCUT2D eigenvalue weighted by Gasteiger charge is 2.67. The van der Waals surface area contributed by atoms with E-state index < -0.39 is 18.0 Å². The lowest BCUT2D eigenvalue weighted by Gasteiger charge is -2.50. The van der Waals surface area contributed by atoms with Crippen LogP contribution in [0, 0.1) is 0 Å². The summed E-state index contributed by atoms with van der Waals surface area (Å²) < 4.78 is 0.761. The van der Waals surface area contributed by atoms with Gasteiger partial charge in [-0.1, -0.05) is 37.9 Å². The number of hydrogen-bond donors (Lipinski definition) is 5. The van der Waals surface area contributed by atoms with Gasteiger partial charge in [-0.15, -0.1) is 0 Å². The maximum Gasteiger partial charge on any atom is 0.229 e. The van der Waals surface area contributed by atoms with Crippen LogP contribution < -0.4 is 4.74 Å². The molecule has 0 fully saturated rings. The van der Waals surface area contributed by atoms with E-state index in [9.17, 15) is 25.5 Å². The molecule has 0 aliphatic carbocycles. The highest BCUT2D eigenvalue weighted by Crippen LogP contribution is 2.68. The molecule has 1 aliphatic rings. The maximum atomic E-state index is 11.2. The summed E-state index contributed by atoms with van der Waals surface area (Å²) in [6, 6.07) is 6.25. The molecule has 6 nitrogen and oxygen atoms in total. The topological polar surface area (TPSA) is 110 Å². The molecule has 0 unspecified atom stereocenters. The van der Waals surface area contributed by atoms with Gasteiger partial charge in [-0.2, -0.15) is 0 Å². The molecule has 2 aromatic carbocycles. The number of ether oxygens (including phenoxy) is 1. The molecule has 134 valence electrons. The van der Waals surface area contributed by atoms with Crippen LogP contribution in [0.1, 0.15) is 11.1 Å². The van der Waals surface area contributed by atoms with Gasteiger partial charge in [0.15, 0.2) is 14.7 Å². The third-order valence-corrected chi connectivity index (χ3v) is 9.70. The fourth-order valence-corrected chi connectivity index (χ4v) is 5.66. The summed E-state index contributed by atoms with van der Waals surface area (Å²) in [6.45, 7) is 0. The van der Waals surface area contributed by atoms with Crippen LogP contribution in [0.25, 0.3) is 0 Å². The Labute approximate surface area is 175 Å². The van der Waals surface area contributed by atoms with Crippen molar-refractivity contribution in [1.82, 2.24) is 0 Å². The van der Waals surface area contributed by atoms with Crippen LogP contribution in [0.3, 0.4) is 0 Å². The van der Waals surface area contributed by atoms with Crippen molar-refractivity contribution in [3.05, 3.63) is 41.5 Å². The second-order valence-corrected chi connectivity index (χ2v) is 11.1. The summed E-state index contributed by atoms with van der Waals surface area (Å²) in [4.78, 5) is 0. The molecule has 2 atom stereocenters. The van der Waals surface area contributed by atoms with Crippen LogP contribution in [-0.4, -0.2) is 30.0 Å². The minimum Gasteiger partial charge on any atom is -0.508 e. The Morgan fingerprint density at radius 3 is 2.04 bits per heavy atom. The van der Waals surface area contributed by atoms with E-state index in [-0.39, 0.29) is 34.1 Å². The molecule has 1 heterocycles. The summed E-state index contributed by atoms with van der Waals surface area (Å²) >= 11 is 13.3. The number of rotatable bonds is 1. The van der Waals surface area contributed by atoms with E-state index >= 15 is 0 Å². The molecule has 0 amide bonds. The van der Waals surface area contributed by atoms with E-state index in [1.807, 2.05) is 0 Å². The Morgan fingerprint density at radius 1 is 0.800 bits per heavy atom. The predicted molar refractivity (Wildman–Crippen MR) is 104 cm³/mol. The van der Waals surface area contributed by atoms with Gasteiger partial charge in [0.25, 0.3) is 0 Å². The fraction of sp³-hybridized carbons (Fsp3) is 0.200. The maximum absolute atomic E-state index is 11.2. The van der Waals surface area contributed by atoms with Crippen LogP contribution in [0.2, 0.25) is 0 Å². The van der Waals surface area contributed by atoms with E-state index in [0.717, 1.165) is 6.07 Å². The van der Waals surface area contributed by atoms with E-state index in [1.54, 1.807) is 0 Å². The first-order chi connectivity index (χ1) is 11.4. The molecule has 0 saturated carbocycles. The first-order valence-electron chi connectivity index (χ1n) is 6.67. The van der Waals surface area contributed by atoms with Crippen molar-refractivity contribution in [2.75, 3.05) is 0 Å². The van der Waals surface area contributed by atoms with Crippen LogP contribution in [0.4, 0.5) is 0 Å². The Hall–Kier alpha value is -0.680. The number of alkyl halides is 4. The Bertz CT molecular complexity index is 869. The van der Waals surface area contributed by atoms with Gasteiger partial charge in [0.1, 0.15) is 17.2 Å². The summed E-state index contributed by atoms with van der Waals surface area (Å²) in [5, 5.41) is 50.5. The van der Waals surface area contributed by atoms with Crippen molar-refractivity contribution < 1.29 is 30.3 Å². The van der Waals surface area contributed by atoms with Crippen molar-refractivity contribution >= 4 is 63.7 Å². The number of phenols is 4. The van der Waals surface area contributed by atoms with Gasteiger partial charge >= 0.3 is 0 Å². The van der Waals surface area contributed by atoms with Crippen molar-refractivity contribution in [3.63, 3.8) is 0 Å². The molecular formula is C15H10Br4O6. The first kappa shape index (κ1) is 19.1. The Balaban J connectivity index is 2.30. The highest BCUT2D eigenvalue weighted by molar-refractivity contribution is 9.25. The minimum absolute atomic E-state index is 0.0693. The fourth-order valence-electron chi connectivity index (χ4n) is 2.54. The lowest BCUT2D eigenvalue weighted by atomic mass is 9.93. The van der Waals surface area contributed by atoms with E-state index in [1.165, 1.54) is 24.3 Å². The van der Waals surface area contributed by atoms with Crippen molar-refractivity contribution in [2.24, 2.45) is 0 Å². The number of fused-ring (bicyclic) bond motifs is 1. The second-order valence-electron chi connectivity index (χ2n) is 5.44. The van der Waals surface area contributed by atoms with Gasteiger partial charge in [0.05, 0.1) is 5.56 Å². The lowest BCUT2D eigenvalue weighted by molar-refractivity contribution is -0.0292. The summed E-state index contributed by atoms with van der Waals surface area (Å²) in [5.74, 6) is -1.24.